The Morgan fingerprint density at radius 3 is 2.40 bits per heavy atom. The van der Waals surface area contributed by atoms with Crippen LogP contribution in [-0.2, 0) is 0 Å². The zero-order valence-corrected chi connectivity index (χ0v) is 6.12. The summed E-state index contributed by atoms with van der Waals surface area (Å²) in [6, 6.07) is 0. The van der Waals surface area contributed by atoms with Crippen LogP contribution < -0.4 is 0 Å². The molecule has 2 fully saturated rings. The molecule has 3 nitrogen and oxygen atoms in total. The molecule has 2 rings (SSSR count). The Morgan fingerprint density at radius 2 is 2.10 bits per heavy atom. The average molecular weight is 141 g/mol. The summed E-state index contributed by atoms with van der Waals surface area (Å²) in [6.07, 6.45) is 1.01. The van der Waals surface area contributed by atoms with Gasteiger partial charge in [-0.05, 0) is 18.9 Å². The van der Waals surface area contributed by atoms with E-state index in [0.29, 0.717) is 5.41 Å². The summed E-state index contributed by atoms with van der Waals surface area (Å²) < 4.78 is 0. The second-order valence-electron chi connectivity index (χ2n) is 3.76. The third-order valence-corrected chi connectivity index (χ3v) is 2.78. The van der Waals surface area contributed by atoms with Crippen molar-refractivity contribution in [3.63, 3.8) is 0 Å². The Balaban J connectivity index is 1.90. The molecule has 0 aromatic carbocycles. The second-order valence-corrected chi connectivity index (χ2v) is 3.76. The summed E-state index contributed by atoms with van der Waals surface area (Å²) in [5.74, 6) is 0.170. The lowest BCUT2D eigenvalue weighted by Crippen LogP contribution is -2.47. The molecule has 0 amide bonds. The van der Waals surface area contributed by atoms with Crippen molar-refractivity contribution in [3.05, 3.63) is 0 Å². The summed E-state index contributed by atoms with van der Waals surface area (Å²) in [4.78, 5) is 2.21. The van der Waals surface area contributed by atoms with Crippen molar-refractivity contribution in [2.75, 3.05) is 20.1 Å². The van der Waals surface area contributed by atoms with Gasteiger partial charge in [0.1, 0.15) is 0 Å². The van der Waals surface area contributed by atoms with E-state index in [2.05, 4.69) is 11.9 Å². The molecule has 1 heterocycles. The standard InChI is InChI=1S/C6H12BNO2/c1-8-3-6(4-8)2-5(6)7(9)10/h5,9-10H,2-4H2,1H3. The van der Waals surface area contributed by atoms with Crippen LogP contribution >= 0.6 is 0 Å². The summed E-state index contributed by atoms with van der Waals surface area (Å²) >= 11 is 0. The van der Waals surface area contributed by atoms with Crippen LogP contribution in [0.3, 0.4) is 0 Å². The molecular formula is C6H12BNO2. The van der Waals surface area contributed by atoms with Crippen LogP contribution in [0.2, 0.25) is 5.82 Å². The van der Waals surface area contributed by atoms with Crippen molar-refractivity contribution in [3.8, 4) is 0 Å². The lowest BCUT2D eigenvalue weighted by atomic mass is 9.75. The predicted molar refractivity (Wildman–Crippen MR) is 38.5 cm³/mol. The topological polar surface area (TPSA) is 43.7 Å². The zero-order chi connectivity index (χ0) is 7.35. The van der Waals surface area contributed by atoms with Crippen LogP contribution in [0.15, 0.2) is 0 Å². The lowest BCUT2D eigenvalue weighted by molar-refractivity contribution is 0.111. The summed E-state index contributed by atoms with van der Waals surface area (Å²) in [5.41, 5.74) is 0.308. The van der Waals surface area contributed by atoms with Gasteiger partial charge in [0.2, 0.25) is 0 Å². The van der Waals surface area contributed by atoms with E-state index >= 15 is 0 Å². The van der Waals surface area contributed by atoms with Crippen LogP contribution in [0.4, 0.5) is 0 Å². The largest absolute Gasteiger partial charge is 0.455 e. The van der Waals surface area contributed by atoms with E-state index < -0.39 is 7.12 Å². The van der Waals surface area contributed by atoms with E-state index in [-0.39, 0.29) is 5.82 Å². The van der Waals surface area contributed by atoms with Crippen molar-refractivity contribution < 1.29 is 10.0 Å². The molecule has 10 heavy (non-hydrogen) atoms. The second kappa shape index (κ2) is 1.75. The van der Waals surface area contributed by atoms with Gasteiger partial charge in [0.25, 0.3) is 0 Å². The van der Waals surface area contributed by atoms with E-state index in [1.165, 1.54) is 0 Å². The third kappa shape index (κ3) is 0.728. The van der Waals surface area contributed by atoms with E-state index in [4.69, 9.17) is 10.0 Å². The zero-order valence-electron chi connectivity index (χ0n) is 6.12. The highest BCUT2D eigenvalue weighted by molar-refractivity contribution is 6.44. The fraction of sp³-hybridized carbons (Fsp3) is 1.00. The van der Waals surface area contributed by atoms with E-state index in [0.717, 1.165) is 19.5 Å². The molecule has 1 aliphatic heterocycles. The summed E-state index contributed by atoms with van der Waals surface area (Å²) in [7, 11) is 0.985. The van der Waals surface area contributed by atoms with Crippen LogP contribution in [0.1, 0.15) is 6.42 Å². The maximum Gasteiger partial charge on any atom is 0.455 e. The molecule has 0 aromatic heterocycles. The first-order chi connectivity index (χ1) is 4.64. The van der Waals surface area contributed by atoms with Gasteiger partial charge >= 0.3 is 7.12 Å². The molecular weight excluding hydrogens is 129 g/mol. The van der Waals surface area contributed by atoms with Crippen LogP contribution in [0.25, 0.3) is 0 Å². The maximum atomic E-state index is 8.82. The summed E-state index contributed by atoms with van der Waals surface area (Å²) in [6.45, 7) is 2.10. The van der Waals surface area contributed by atoms with E-state index in [9.17, 15) is 0 Å². The fourth-order valence-corrected chi connectivity index (χ4v) is 2.19. The van der Waals surface area contributed by atoms with Crippen molar-refractivity contribution in [2.45, 2.75) is 12.2 Å². The number of hydrogen-bond donors (Lipinski definition) is 2. The Morgan fingerprint density at radius 1 is 1.50 bits per heavy atom. The van der Waals surface area contributed by atoms with Crippen LogP contribution in [-0.4, -0.2) is 42.2 Å². The molecule has 1 atom stereocenters. The Hall–Kier alpha value is -0.0551. The molecule has 1 spiro atoms. The fourth-order valence-electron chi connectivity index (χ4n) is 2.19. The highest BCUT2D eigenvalue weighted by atomic mass is 16.4. The first-order valence-corrected chi connectivity index (χ1v) is 3.69. The van der Waals surface area contributed by atoms with Gasteiger partial charge in [-0.25, -0.2) is 0 Å². The van der Waals surface area contributed by atoms with Crippen LogP contribution in [0, 0.1) is 5.41 Å². The first-order valence-electron chi connectivity index (χ1n) is 3.69. The quantitative estimate of drug-likeness (QED) is 0.468. The highest BCUT2D eigenvalue weighted by Gasteiger charge is 2.64. The molecule has 2 N–H and O–H groups in total. The van der Waals surface area contributed by atoms with Crippen LogP contribution in [0.5, 0.6) is 0 Å². The molecule has 1 aliphatic carbocycles. The minimum absolute atomic E-state index is 0.170. The molecule has 0 radical (unpaired) electrons. The van der Waals surface area contributed by atoms with E-state index in [1.54, 1.807) is 0 Å². The number of hydrogen-bond acceptors (Lipinski definition) is 3. The van der Waals surface area contributed by atoms with Crippen molar-refractivity contribution in [2.24, 2.45) is 5.41 Å². The van der Waals surface area contributed by atoms with Crippen molar-refractivity contribution in [1.29, 1.82) is 0 Å². The third-order valence-electron chi connectivity index (χ3n) is 2.78. The van der Waals surface area contributed by atoms with Gasteiger partial charge in [0.05, 0.1) is 0 Å². The Kier molecular flexibility index (Phi) is 1.16. The molecule has 2 aliphatic rings. The lowest BCUT2D eigenvalue weighted by Gasteiger charge is -2.38. The van der Waals surface area contributed by atoms with Gasteiger partial charge < -0.3 is 14.9 Å². The molecule has 56 valence electrons. The van der Waals surface area contributed by atoms with Gasteiger partial charge in [-0.2, -0.15) is 0 Å². The maximum absolute atomic E-state index is 8.82. The van der Waals surface area contributed by atoms with Gasteiger partial charge in [-0.3, -0.25) is 0 Å². The number of likely N-dealkylation sites (tertiary alicyclic amines) is 1. The molecule has 0 bridgehead atoms. The number of nitrogens with zero attached hydrogens (tertiary/aromatic N) is 1. The van der Waals surface area contributed by atoms with E-state index in [1.807, 2.05) is 0 Å². The molecule has 0 aromatic rings. The predicted octanol–water partition coefficient (Wildman–Crippen LogP) is -0.835. The van der Waals surface area contributed by atoms with Gasteiger partial charge in [0.15, 0.2) is 0 Å². The van der Waals surface area contributed by atoms with Gasteiger partial charge in [-0.1, -0.05) is 0 Å². The molecule has 1 unspecified atom stereocenters. The minimum Gasteiger partial charge on any atom is -0.427 e. The minimum atomic E-state index is -1.08. The smallest absolute Gasteiger partial charge is 0.427 e. The Bertz CT molecular complexity index is 156. The SMILES string of the molecule is CN1CC2(CC2B(O)O)C1. The summed E-state index contributed by atoms with van der Waals surface area (Å²) in [5, 5.41) is 17.6. The van der Waals surface area contributed by atoms with Gasteiger partial charge in [-0.15, -0.1) is 0 Å². The first kappa shape index (κ1) is 6.64. The normalized spacial score (nSPS) is 35.7. The molecule has 1 saturated carbocycles. The average Bonchev–Trinajstić information content (AvgIpc) is 2.40. The molecule has 4 heteroatoms. The molecule has 1 saturated heterocycles. The number of rotatable bonds is 1. The monoisotopic (exact) mass is 141 g/mol. The van der Waals surface area contributed by atoms with Gasteiger partial charge in [0, 0.05) is 18.9 Å². The Labute approximate surface area is 60.8 Å². The van der Waals surface area contributed by atoms with Crippen molar-refractivity contribution >= 4 is 7.12 Å². The highest BCUT2D eigenvalue weighted by Crippen LogP contribution is 2.63. The van der Waals surface area contributed by atoms with Crippen molar-refractivity contribution in [1.82, 2.24) is 4.90 Å².